The molecule has 0 radical (unpaired) electrons. The summed E-state index contributed by atoms with van der Waals surface area (Å²) in [6.07, 6.45) is 0.328. The molecule has 0 aromatic rings. The van der Waals surface area contributed by atoms with E-state index in [-0.39, 0.29) is 6.54 Å². The van der Waals surface area contributed by atoms with E-state index in [1.807, 2.05) is 0 Å². The molecule has 0 aromatic heterocycles. The maximum atomic E-state index is 10.2. The third-order valence-electron chi connectivity index (χ3n) is 2.54. The van der Waals surface area contributed by atoms with E-state index < -0.39 is 36.1 Å². The zero-order valence-electron chi connectivity index (χ0n) is 12.7. The number of rotatable bonds is 5. The van der Waals surface area contributed by atoms with Crippen LogP contribution in [0, 0.1) is 0 Å². The predicted molar refractivity (Wildman–Crippen MR) is 77.5 cm³/mol. The summed E-state index contributed by atoms with van der Waals surface area (Å²) in [6.45, 7) is 2.37. The number of nitrogens with two attached hydrogens (primary N) is 1. The number of likely N-dealkylation sites (N-methyl/N-ethyl adjacent to an activating group) is 1. The lowest BCUT2D eigenvalue weighted by atomic mass is 10.2. The van der Waals surface area contributed by atoms with Gasteiger partial charge in [0.15, 0.2) is 0 Å². The van der Waals surface area contributed by atoms with E-state index in [2.05, 4.69) is 10.6 Å². The first kappa shape index (κ1) is 22.5. The number of carboxylic acids is 3. The Hall–Kier alpha value is -1.75. The summed E-state index contributed by atoms with van der Waals surface area (Å²) in [4.78, 5) is 29.5. The van der Waals surface area contributed by atoms with Crippen LogP contribution in [0.3, 0.4) is 0 Å². The Labute approximate surface area is 128 Å². The fourth-order valence-electron chi connectivity index (χ4n) is 1.27. The topological polar surface area (TPSA) is 182 Å². The van der Waals surface area contributed by atoms with Crippen molar-refractivity contribution >= 4 is 17.9 Å². The Balaban J connectivity index is 0. The van der Waals surface area contributed by atoms with Crippen molar-refractivity contribution in [2.75, 3.05) is 20.1 Å². The van der Waals surface area contributed by atoms with Gasteiger partial charge in [-0.25, -0.2) is 0 Å². The van der Waals surface area contributed by atoms with Crippen LogP contribution >= 0.6 is 0 Å². The summed E-state index contributed by atoms with van der Waals surface area (Å²) in [5.74, 6) is -2.72. The molecule has 8 N–H and O–H groups in total. The fraction of sp³-hybridized carbons (Fsp3) is 0.750. The van der Waals surface area contributed by atoms with Crippen molar-refractivity contribution in [2.45, 2.75) is 38.0 Å². The molecule has 1 rings (SSSR count). The molecule has 0 aromatic carbocycles. The highest BCUT2D eigenvalue weighted by Crippen LogP contribution is 2.05. The zero-order chi connectivity index (χ0) is 17.7. The van der Waals surface area contributed by atoms with Gasteiger partial charge in [-0.05, 0) is 26.4 Å². The Morgan fingerprint density at radius 1 is 1.32 bits per heavy atom. The Kier molecular flexibility index (Phi) is 13.3. The molecule has 3 atom stereocenters. The van der Waals surface area contributed by atoms with Gasteiger partial charge in [0, 0.05) is 0 Å². The van der Waals surface area contributed by atoms with E-state index in [9.17, 15) is 14.4 Å². The molecule has 1 saturated heterocycles. The Morgan fingerprint density at radius 3 is 1.95 bits per heavy atom. The highest BCUT2D eigenvalue weighted by atomic mass is 16.4. The molecule has 22 heavy (non-hydrogen) atoms. The SMILES string of the molecule is CCC(N)C(=O)O.CNCC(=O)O.O=C(O)[C@H]1NCCC1O. The van der Waals surface area contributed by atoms with Gasteiger partial charge in [0.2, 0.25) is 0 Å². The zero-order valence-corrected chi connectivity index (χ0v) is 12.7. The number of aliphatic hydroxyl groups excluding tert-OH is 1. The summed E-state index contributed by atoms with van der Waals surface area (Å²) < 4.78 is 0. The van der Waals surface area contributed by atoms with Crippen LogP contribution in [-0.4, -0.2) is 76.7 Å². The maximum absolute atomic E-state index is 10.2. The Morgan fingerprint density at radius 2 is 1.86 bits per heavy atom. The van der Waals surface area contributed by atoms with Crippen LogP contribution in [0.5, 0.6) is 0 Å². The number of carboxylic acid groups (broad SMARTS) is 3. The smallest absolute Gasteiger partial charge is 0.323 e. The van der Waals surface area contributed by atoms with Crippen molar-refractivity contribution in [3.63, 3.8) is 0 Å². The lowest BCUT2D eigenvalue weighted by Gasteiger charge is -2.06. The summed E-state index contributed by atoms with van der Waals surface area (Å²) in [6, 6.07) is -1.43. The highest BCUT2D eigenvalue weighted by Gasteiger charge is 2.30. The van der Waals surface area contributed by atoms with E-state index in [0.29, 0.717) is 19.4 Å². The van der Waals surface area contributed by atoms with Gasteiger partial charge in [0.25, 0.3) is 0 Å². The van der Waals surface area contributed by atoms with Crippen LogP contribution in [0.15, 0.2) is 0 Å². The fourth-order valence-corrected chi connectivity index (χ4v) is 1.27. The lowest BCUT2D eigenvalue weighted by molar-refractivity contribution is -0.141. The van der Waals surface area contributed by atoms with Gasteiger partial charge < -0.3 is 36.8 Å². The molecule has 0 aliphatic carbocycles. The molecule has 0 spiro atoms. The van der Waals surface area contributed by atoms with Crippen LogP contribution < -0.4 is 16.4 Å². The van der Waals surface area contributed by atoms with Crippen molar-refractivity contribution in [2.24, 2.45) is 5.73 Å². The van der Waals surface area contributed by atoms with Crippen molar-refractivity contribution in [1.29, 1.82) is 0 Å². The van der Waals surface area contributed by atoms with E-state index >= 15 is 0 Å². The molecule has 1 fully saturated rings. The molecule has 0 bridgehead atoms. The second kappa shape index (κ2) is 13.0. The third kappa shape index (κ3) is 12.0. The van der Waals surface area contributed by atoms with Crippen LogP contribution in [0.1, 0.15) is 19.8 Å². The van der Waals surface area contributed by atoms with Gasteiger partial charge in [-0.2, -0.15) is 0 Å². The largest absolute Gasteiger partial charge is 0.480 e. The van der Waals surface area contributed by atoms with Crippen LogP contribution in [0.2, 0.25) is 0 Å². The minimum absolute atomic E-state index is 0.0417. The molecule has 0 amide bonds. The van der Waals surface area contributed by atoms with Gasteiger partial charge in [-0.3, -0.25) is 14.4 Å². The minimum atomic E-state index is -0.972. The minimum Gasteiger partial charge on any atom is -0.480 e. The first-order valence-corrected chi connectivity index (χ1v) is 6.66. The number of carbonyl (C=O) groups is 3. The standard InChI is InChI=1S/C5H9NO3.C4H9NO2.C3H7NO2/c7-3-1-2-6-4(3)5(8)9;1-2-3(5)4(6)7;1-4-2-3(5)6/h3-4,6-7H,1-2H2,(H,8,9);3H,2,5H2,1H3,(H,6,7);4H,2H2,1H3,(H,5,6)/t3?,4-;;/m0../s1. The summed E-state index contributed by atoms with van der Waals surface area (Å²) >= 11 is 0. The number of hydrogen-bond acceptors (Lipinski definition) is 7. The molecule has 0 saturated carbocycles. The van der Waals surface area contributed by atoms with Crippen molar-refractivity contribution in [3.05, 3.63) is 0 Å². The number of aliphatic carboxylic acids is 3. The van der Waals surface area contributed by atoms with Crippen LogP contribution in [-0.2, 0) is 14.4 Å². The number of nitrogens with one attached hydrogen (secondary N) is 2. The number of aliphatic hydroxyl groups is 1. The molecule has 1 aliphatic heterocycles. The van der Waals surface area contributed by atoms with Gasteiger partial charge in [-0.1, -0.05) is 6.92 Å². The first-order valence-electron chi connectivity index (χ1n) is 6.66. The molecule has 10 heteroatoms. The molecular formula is C12H25N3O7. The van der Waals surface area contributed by atoms with Gasteiger partial charge in [0.05, 0.1) is 12.6 Å². The van der Waals surface area contributed by atoms with Crippen molar-refractivity contribution in [1.82, 2.24) is 10.6 Å². The van der Waals surface area contributed by atoms with Crippen LogP contribution in [0.4, 0.5) is 0 Å². The van der Waals surface area contributed by atoms with E-state index in [1.165, 1.54) is 0 Å². The van der Waals surface area contributed by atoms with Gasteiger partial charge in [0.1, 0.15) is 12.1 Å². The molecular weight excluding hydrogens is 298 g/mol. The second-order valence-electron chi connectivity index (χ2n) is 4.40. The average molecular weight is 323 g/mol. The molecule has 1 heterocycles. The lowest BCUT2D eigenvalue weighted by Crippen LogP contribution is -2.38. The normalized spacial score (nSPS) is 20.7. The monoisotopic (exact) mass is 323 g/mol. The predicted octanol–water partition coefficient (Wildman–Crippen LogP) is -2.11. The summed E-state index contributed by atoms with van der Waals surface area (Å²) in [5, 5.41) is 38.3. The third-order valence-corrected chi connectivity index (χ3v) is 2.54. The van der Waals surface area contributed by atoms with Crippen LogP contribution in [0.25, 0.3) is 0 Å². The van der Waals surface area contributed by atoms with Gasteiger partial charge >= 0.3 is 17.9 Å². The van der Waals surface area contributed by atoms with Gasteiger partial charge in [-0.15, -0.1) is 0 Å². The Bertz CT molecular complexity index is 352. The second-order valence-corrected chi connectivity index (χ2v) is 4.40. The first-order chi connectivity index (χ1) is 10.2. The average Bonchev–Trinajstić information content (AvgIpc) is 2.85. The summed E-state index contributed by atoms with van der Waals surface area (Å²) in [7, 11) is 1.59. The van der Waals surface area contributed by atoms with E-state index in [1.54, 1.807) is 14.0 Å². The van der Waals surface area contributed by atoms with E-state index in [0.717, 1.165) is 0 Å². The summed E-state index contributed by atoms with van der Waals surface area (Å²) in [5.41, 5.74) is 5.02. The van der Waals surface area contributed by atoms with E-state index in [4.69, 9.17) is 26.2 Å². The molecule has 2 unspecified atom stereocenters. The number of hydrogen-bond donors (Lipinski definition) is 7. The quantitative estimate of drug-likeness (QED) is 0.295. The highest BCUT2D eigenvalue weighted by molar-refractivity contribution is 5.74. The maximum Gasteiger partial charge on any atom is 0.323 e. The molecule has 1 aliphatic rings. The molecule has 130 valence electrons. The molecule has 10 nitrogen and oxygen atoms in total. The van der Waals surface area contributed by atoms with Crippen molar-refractivity contribution < 1.29 is 34.8 Å². The van der Waals surface area contributed by atoms with Crippen molar-refractivity contribution in [3.8, 4) is 0 Å².